The second-order valence-corrected chi connectivity index (χ2v) is 9.71. The van der Waals surface area contributed by atoms with Crippen LogP contribution in [0.2, 0.25) is 0 Å². The van der Waals surface area contributed by atoms with E-state index in [1.807, 2.05) is 37.3 Å². The summed E-state index contributed by atoms with van der Waals surface area (Å²) >= 11 is 8.75. The number of hydrogen-bond donors (Lipinski definition) is 3. The second-order valence-electron chi connectivity index (χ2n) is 8.44. The minimum atomic E-state index is -0.357. The molecule has 0 saturated carbocycles. The van der Waals surface area contributed by atoms with Gasteiger partial charge in [-0.15, -0.1) is 0 Å². The predicted octanol–water partition coefficient (Wildman–Crippen LogP) is 6.10. The molecular formula is C27H28BrN3O3S. The lowest BCUT2D eigenvalue weighted by molar-refractivity contribution is 0.0938. The van der Waals surface area contributed by atoms with Gasteiger partial charge in [0.05, 0.1) is 17.1 Å². The summed E-state index contributed by atoms with van der Waals surface area (Å²) in [6.45, 7) is 6.65. The number of thiocarbonyl (C=S) groups is 1. The highest BCUT2D eigenvalue weighted by Gasteiger charge is 2.14. The molecule has 3 aromatic carbocycles. The molecule has 0 fully saturated rings. The molecule has 3 N–H and O–H groups in total. The first kappa shape index (κ1) is 26.4. The van der Waals surface area contributed by atoms with E-state index in [0.29, 0.717) is 39.6 Å². The monoisotopic (exact) mass is 553 g/mol. The summed E-state index contributed by atoms with van der Waals surface area (Å²) in [5.41, 5.74) is 2.52. The van der Waals surface area contributed by atoms with Crippen LogP contribution in [0.25, 0.3) is 0 Å². The van der Waals surface area contributed by atoms with Gasteiger partial charge in [-0.05, 0) is 83.0 Å². The van der Waals surface area contributed by atoms with Crippen molar-refractivity contribution in [3.63, 3.8) is 0 Å². The molecule has 0 spiro atoms. The standard InChI is InChI=1S/C27H28BrN3O3S/c1-17(2)16-34-24-13-12-21(15-23(24)28)26(33)31-27(35)30-22-11-7-10-20(14-22)25(32)29-18(3)19-8-5-4-6-9-19/h4-15,17-18H,16H2,1-3H3,(H,29,32)(H2,30,31,33,35). The van der Waals surface area contributed by atoms with Gasteiger partial charge in [-0.25, -0.2) is 0 Å². The van der Waals surface area contributed by atoms with Crippen LogP contribution in [-0.4, -0.2) is 23.5 Å². The minimum absolute atomic E-state index is 0.126. The van der Waals surface area contributed by atoms with Crippen LogP contribution in [0.1, 0.15) is 53.1 Å². The van der Waals surface area contributed by atoms with Crippen molar-refractivity contribution in [1.82, 2.24) is 10.6 Å². The van der Waals surface area contributed by atoms with Crippen molar-refractivity contribution in [2.75, 3.05) is 11.9 Å². The third-order valence-corrected chi connectivity index (χ3v) is 5.85. The van der Waals surface area contributed by atoms with Crippen molar-refractivity contribution in [3.8, 4) is 5.75 Å². The van der Waals surface area contributed by atoms with E-state index < -0.39 is 0 Å². The highest BCUT2D eigenvalue weighted by atomic mass is 79.9. The molecule has 0 heterocycles. The molecule has 0 saturated heterocycles. The van der Waals surface area contributed by atoms with Gasteiger partial charge in [0.25, 0.3) is 11.8 Å². The van der Waals surface area contributed by atoms with Gasteiger partial charge in [-0.2, -0.15) is 0 Å². The Morgan fingerprint density at radius 1 is 0.914 bits per heavy atom. The Kier molecular flexibility index (Phi) is 9.39. The number of hydrogen-bond acceptors (Lipinski definition) is 4. The molecule has 0 aliphatic carbocycles. The molecule has 0 radical (unpaired) electrons. The highest BCUT2D eigenvalue weighted by molar-refractivity contribution is 9.10. The molecule has 0 aromatic heterocycles. The van der Waals surface area contributed by atoms with E-state index in [1.54, 1.807) is 42.5 Å². The largest absolute Gasteiger partial charge is 0.492 e. The Labute approximate surface area is 219 Å². The molecule has 6 nitrogen and oxygen atoms in total. The Balaban J connectivity index is 1.58. The van der Waals surface area contributed by atoms with Crippen LogP contribution >= 0.6 is 28.1 Å². The number of nitrogens with one attached hydrogen (secondary N) is 3. The lowest BCUT2D eigenvalue weighted by atomic mass is 10.1. The van der Waals surface area contributed by atoms with Crippen LogP contribution in [-0.2, 0) is 0 Å². The van der Waals surface area contributed by atoms with Gasteiger partial charge in [-0.1, -0.05) is 50.2 Å². The molecule has 1 atom stereocenters. The van der Waals surface area contributed by atoms with Gasteiger partial charge >= 0.3 is 0 Å². The summed E-state index contributed by atoms with van der Waals surface area (Å²) in [5.74, 6) is 0.506. The molecule has 8 heteroatoms. The van der Waals surface area contributed by atoms with Gasteiger partial charge in [0.15, 0.2) is 5.11 Å². The Bertz CT molecular complexity index is 1200. The quantitative estimate of drug-likeness (QED) is 0.293. The van der Waals surface area contributed by atoms with E-state index in [-0.39, 0.29) is 23.0 Å². The van der Waals surface area contributed by atoms with Crippen molar-refractivity contribution < 1.29 is 14.3 Å². The van der Waals surface area contributed by atoms with Crippen molar-refractivity contribution in [3.05, 3.63) is 94.0 Å². The average Bonchev–Trinajstić information content (AvgIpc) is 2.83. The predicted molar refractivity (Wildman–Crippen MR) is 147 cm³/mol. The third-order valence-electron chi connectivity index (χ3n) is 5.02. The molecule has 3 aromatic rings. The smallest absolute Gasteiger partial charge is 0.257 e. The second kappa shape index (κ2) is 12.5. The summed E-state index contributed by atoms with van der Waals surface area (Å²) < 4.78 is 6.41. The first-order chi connectivity index (χ1) is 16.7. The van der Waals surface area contributed by atoms with E-state index in [9.17, 15) is 9.59 Å². The summed E-state index contributed by atoms with van der Waals surface area (Å²) in [4.78, 5) is 25.4. The maximum absolute atomic E-state index is 12.7. The summed E-state index contributed by atoms with van der Waals surface area (Å²) in [5, 5.41) is 8.74. The maximum atomic E-state index is 12.7. The number of amides is 2. The first-order valence-corrected chi connectivity index (χ1v) is 12.4. The Morgan fingerprint density at radius 2 is 1.63 bits per heavy atom. The number of anilines is 1. The number of ether oxygens (including phenoxy) is 1. The number of carbonyl (C=O) groups is 2. The van der Waals surface area contributed by atoms with E-state index >= 15 is 0 Å². The zero-order valence-electron chi connectivity index (χ0n) is 19.8. The Hall–Kier alpha value is -3.23. The van der Waals surface area contributed by atoms with E-state index in [0.717, 1.165) is 5.56 Å². The van der Waals surface area contributed by atoms with Gasteiger partial charge in [0.1, 0.15) is 5.75 Å². The number of halogens is 1. The van der Waals surface area contributed by atoms with Crippen LogP contribution in [0.4, 0.5) is 5.69 Å². The lowest BCUT2D eigenvalue weighted by Crippen LogP contribution is -2.34. The van der Waals surface area contributed by atoms with Crippen LogP contribution in [0, 0.1) is 5.92 Å². The van der Waals surface area contributed by atoms with Crippen LogP contribution in [0.5, 0.6) is 5.75 Å². The molecule has 182 valence electrons. The lowest BCUT2D eigenvalue weighted by Gasteiger charge is -2.15. The van der Waals surface area contributed by atoms with Crippen LogP contribution < -0.4 is 20.7 Å². The van der Waals surface area contributed by atoms with Crippen molar-refractivity contribution in [1.29, 1.82) is 0 Å². The zero-order chi connectivity index (χ0) is 25.4. The van der Waals surface area contributed by atoms with Gasteiger partial charge in [0, 0.05) is 16.8 Å². The fourth-order valence-corrected chi connectivity index (χ4v) is 3.90. The van der Waals surface area contributed by atoms with Gasteiger partial charge < -0.3 is 15.4 Å². The molecule has 0 bridgehead atoms. The molecule has 3 rings (SSSR count). The molecular weight excluding hydrogens is 526 g/mol. The molecule has 0 aliphatic heterocycles. The van der Waals surface area contributed by atoms with Gasteiger partial charge in [-0.3, -0.25) is 14.9 Å². The molecule has 2 amide bonds. The van der Waals surface area contributed by atoms with Crippen LogP contribution in [0.3, 0.4) is 0 Å². The van der Waals surface area contributed by atoms with Crippen LogP contribution in [0.15, 0.2) is 77.3 Å². The highest BCUT2D eigenvalue weighted by Crippen LogP contribution is 2.26. The topological polar surface area (TPSA) is 79.5 Å². The zero-order valence-corrected chi connectivity index (χ0v) is 22.2. The fourth-order valence-electron chi connectivity index (χ4n) is 3.20. The minimum Gasteiger partial charge on any atom is -0.492 e. The fraction of sp³-hybridized carbons (Fsp3) is 0.222. The summed E-state index contributed by atoms with van der Waals surface area (Å²) in [6, 6.07) is 21.6. The number of carbonyl (C=O) groups excluding carboxylic acids is 2. The van der Waals surface area contributed by atoms with Crippen molar-refractivity contribution in [2.45, 2.75) is 26.8 Å². The third kappa shape index (κ3) is 7.90. The van der Waals surface area contributed by atoms with E-state index in [2.05, 4.69) is 45.7 Å². The van der Waals surface area contributed by atoms with Crippen molar-refractivity contribution in [2.24, 2.45) is 5.92 Å². The molecule has 35 heavy (non-hydrogen) atoms. The number of benzene rings is 3. The SMILES string of the molecule is CC(C)COc1ccc(C(=O)NC(=S)Nc2cccc(C(=O)NC(C)c3ccccc3)c2)cc1Br. The van der Waals surface area contributed by atoms with E-state index in [1.165, 1.54) is 0 Å². The normalized spacial score (nSPS) is 11.5. The summed E-state index contributed by atoms with van der Waals surface area (Å²) in [6.07, 6.45) is 0. The summed E-state index contributed by atoms with van der Waals surface area (Å²) in [7, 11) is 0. The first-order valence-electron chi connectivity index (χ1n) is 11.2. The maximum Gasteiger partial charge on any atom is 0.257 e. The molecule has 0 aliphatic rings. The number of rotatable bonds is 8. The van der Waals surface area contributed by atoms with E-state index in [4.69, 9.17) is 17.0 Å². The average molecular weight is 555 g/mol. The Morgan fingerprint density at radius 3 is 2.31 bits per heavy atom. The van der Waals surface area contributed by atoms with Gasteiger partial charge in [0.2, 0.25) is 0 Å². The molecule has 1 unspecified atom stereocenters. The van der Waals surface area contributed by atoms with Crippen molar-refractivity contribution >= 4 is 50.8 Å².